The van der Waals surface area contributed by atoms with Crippen LogP contribution < -0.4 is 15.5 Å². The number of carbonyl (C=O) groups is 2. The van der Waals surface area contributed by atoms with E-state index >= 15 is 0 Å². The maximum atomic E-state index is 11.8. The number of rotatable bonds is 5. The first-order valence-electron chi connectivity index (χ1n) is 8.47. The number of nitrogens with one attached hydrogen (secondary N) is 2. The first-order chi connectivity index (χ1) is 12.7. The van der Waals surface area contributed by atoms with Crippen LogP contribution in [0.5, 0.6) is 5.75 Å². The van der Waals surface area contributed by atoms with E-state index in [1.54, 1.807) is 7.11 Å². The van der Waals surface area contributed by atoms with E-state index in [1.165, 1.54) is 6.21 Å². The normalized spacial score (nSPS) is 16.7. The van der Waals surface area contributed by atoms with E-state index in [4.69, 9.17) is 9.47 Å². The van der Waals surface area contributed by atoms with Crippen LogP contribution in [-0.2, 0) is 14.3 Å². The van der Waals surface area contributed by atoms with Crippen LogP contribution in [0.3, 0.4) is 0 Å². The van der Waals surface area contributed by atoms with E-state index < -0.39 is 11.8 Å². The number of carbonyl (C=O) groups excluding carboxylic acids is 2. The fraction of sp³-hybridized carbons (Fsp3) is 0.316. The van der Waals surface area contributed by atoms with Gasteiger partial charge in [0.15, 0.2) is 0 Å². The molecule has 2 N–H and O–H groups in total. The van der Waals surface area contributed by atoms with Crippen LogP contribution in [0.15, 0.2) is 41.5 Å². The lowest BCUT2D eigenvalue weighted by Crippen LogP contribution is -2.41. The molecule has 1 atom stereocenters. The molecule has 1 fully saturated rings. The van der Waals surface area contributed by atoms with Gasteiger partial charge in [-0.15, -0.1) is 0 Å². The molecule has 0 saturated carbocycles. The van der Waals surface area contributed by atoms with Crippen LogP contribution in [-0.4, -0.2) is 44.4 Å². The molecule has 3 rings (SSSR count). The minimum absolute atomic E-state index is 0.0183. The Hall–Kier alpha value is -2.93. The summed E-state index contributed by atoms with van der Waals surface area (Å²) >= 11 is 0. The van der Waals surface area contributed by atoms with Gasteiger partial charge in [-0.25, -0.2) is 5.43 Å². The van der Waals surface area contributed by atoms with Crippen molar-refractivity contribution in [2.75, 3.05) is 20.3 Å². The van der Waals surface area contributed by atoms with Crippen molar-refractivity contribution in [1.29, 1.82) is 0 Å². The predicted octanol–water partition coefficient (Wildman–Crippen LogP) is 1.59. The molecule has 0 radical (unpaired) electrons. The van der Waals surface area contributed by atoms with Crippen LogP contribution in [0, 0.1) is 0 Å². The molecule has 0 aliphatic carbocycles. The summed E-state index contributed by atoms with van der Waals surface area (Å²) in [4.78, 5) is 23.6. The van der Waals surface area contributed by atoms with Crippen molar-refractivity contribution in [3.8, 4) is 5.75 Å². The van der Waals surface area contributed by atoms with Gasteiger partial charge in [0, 0.05) is 18.7 Å². The van der Waals surface area contributed by atoms with E-state index in [-0.39, 0.29) is 6.10 Å². The predicted molar refractivity (Wildman–Crippen MR) is 98.2 cm³/mol. The standard InChI is InChI=1S/C19H21N3O4/c1-25-17-9-8-13-5-2-3-7-15(13)16(17)12-21-22-19(24)18(23)20-11-14-6-4-10-26-14/h2-3,5,7-9,12,14H,4,6,10-11H2,1H3,(H,20,23)(H,22,24)/b21-12-/t14-/m1/s1. The number of amides is 2. The van der Waals surface area contributed by atoms with Crippen molar-refractivity contribution in [3.63, 3.8) is 0 Å². The molecule has 0 aromatic heterocycles. The molecular formula is C19H21N3O4. The fourth-order valence-electron chi connectivity index (χ4n) is 2.89. The minimum atomic E-state index is -0.821. The average molecular weight is 355 g/mol. The van der Waals surface area contributed by atoms with Gasteiger partial charge in [0.1, 0.15) is 5.75 Å². The lowest BCUT2D eigenvalue weighted by Gasteiger charge is -2.10. The zero-order valence-corrected chi connectivity index (χ0v) is 14.5. The number of hydrazone groups is 1. The molecule has 2 aromatic rings. The molecule has 136 valence electrons. The van der Waals surface area contributed by atoms with Gasteiger partial charge in [-0.3, -0.25) is 9.59 Å². The first-order valence-corrected chi connectivity index (χ1v) is 8.47. The van der Waals surface area contributed by atoms with Gasteiger partial charge >= 0.3 is 11.8 Å². The van der Waals surface area contributed by atoms with E-state index in [1.807, 2.05) is 36.4 Å². The van der Waals surface area contributed by atoms with E-state index in [0.29, 0.717) is 18.9 Å². The average Bonchev–Trinajstić information content (AvgIpc) is 3.19. The zero-order chi connectivity index (χ0) is 18.4. The SMILES string of the molecule is COc1ccc2ccccc2c1/C=N\NC(=O)C(=O)NC[C@H]1CCCO1. The second-order valence-corrected chi connectivity index (χ2v) is 5.95. The lowest BCUT2D eigenvalue weighted by molar-refractivity contribution is -0.139. The smallest absolute Gasteiger partial charge is 0.329 e. The van der Waals surface area contributed by atoms with Gasteiger partial charge < -0.3 is 14.8 Å². The highest BCUT2D eigenvalue weighted by Crippen LogP contribution is 2.26. The van der Waals surface area contributed by atoms with Gasteiger partial charge in [-0.2, -0.15) is 5.10 Å². The lowest BCUT2D eigenvalue weighted by atomic mass is 10.0. The number of hydrogen-bond acceptors (Lipinski definition) is 5. The number of nitrogens with zero attached hydrogens (tertiary/aromatic N) is 1. The Morgan fingerprint density at radius 2 is 2.12 bits per heavy atom. The Balaban J connectivity index is 1.63. The number of methoxy groups -OCH3 is 1. The molecule has 2 aromatic carbocycles. The second kappa shape index (κ2) is 8.44. The highest BCUT2D eigenvalue weighted by molar-refractivity contribution is 6.35. The molecule has 26 heavy (non-hydrogen) atoms. The van der Waals surface area contributed by atoms with E-state index in [0.717, 1.165) is 29.2 Å². The third kappa shape index (κ3) is 4.18. The van der Waals surface area contributed by atoms with Gasteiger partial charge in [0.2, 0.25) is 0 Å². The number of fused-ring (bicyclic) bond motifs is 1. The summed E-state index contributed by atoms with van der Waals surface area (Å²) in [5.41, 5.74) is 2.97. The van der Waals surface area contributed by atoms with Crippen molar-refractivity contribution in [2.45, 2.75) is 18.9 Å². The maximum absolute atomic E-state index is 11.8. The Labute approximate surface area is 151 Å². The fourth-order valence-corrected chi connectivity index (χ4v) is 2.89. The molecule has 1 aliphatic heterocycles. The summed E-state index contributed by atoms with van der Waals surface area (Å²) in [6.45, 7) is 1.02. The summed E-state index contributed by atoms with van der Waals surface area (Å²) in [6.07, 6.45) is 3.33. The molecule has 1 heterocycles. The Morgan fingerprint density at radius 1 is 1.27 bits per heavy atom. The summed E-state index contributed by atoms with van der Waals surface area (Å²) in [7, 11) is 1.57. The number of hydrogen-bond donors (Lipinski definition) is 2. The molecule has 7 nitrogen and oxygen atoms in total. The molecule has 0 unspecified atom stereocenters. The van der Waals surface area contributed by atoms with Crippen molar-refractivity contribution in [3.05, 3.63) is 42.0 Å². The first kappa shape index (κ1) is 17.9. The molecule has 7 heteroatoms. The van der Waals surface area contributed by atoms with Crippen LogP contribution >= 0.6 is 0 Å². The Bertz CT molecular complexity index is 829. The summed E-state index contributed by atoms with van der Waals surface area (Å²) < 4.78 is 10.8. The molecule has 0 bridgehead atoms. The van der Waals surface area contributed by atoms with Crippen LogP contribution in [0.1, 0.15) is 18.4 Å². The van der Waals surface area contributed by atoms with Crippen LogP contribution in [0.4, 0.5) is 0 Å². The Morgan fingerprint density at radius 3 is 2.88 bits per heavy atom. The highest BCUT2D eigenvalue weighted by atomic mass is 16.5. The third-order valence-electron chi connectivity index (χ3n) is 4.23. The number of ether oxygens (including phenoxy) is 2. The molecule has 1 saturated heterocycles. The summed E-state index contributed by atoms with van der Waals surface area (Å²) in [5, 5.41) is 8.42. The minimum Gasteiger partial charge on any atom is -0.496 e. The summed E-state index contributed by atoms with van der Waals surface area (Å²) in [6, 6.07) is 11.5. The third-order valence-corrected chi connectivity index (χ3v) is 4.23. The van der Waals surface area contributed by atoms with Gasteiger partial charge in [-0.1, -0.05) is 30.3 Å². The van der Waals surface area contributed by atoms with Crippen molar-refractivity contribution in [1.82, 2.24) is 10.7 Å². The van der Waals surface area contributed by atoms with Crippen molar-refractivity contribution < 1.29 is 19.1 Å². The summed E-state index contributed by atoms with van der Waals surface area (Å²) in [5.74, 6) is -0.925. The second-order valence-electron chi connectivity index (χ2n) is 5.95. The Kier molecular flexibility index (Phi) is 5.80. The quantitative estimate of drug-likeness (QED) is 0.484. The van der Waals surface area contributed by atoms with Gasteiger partial charge in [0.05, 0.1) is 19.4 Å². The van der Waals surface area contributed by atoms with Crippen molar-refractivity contribution in [2.24, 2.45) is 5.10 Å². The van der Waals surface area contributed by atoms with Crippen LogP contribution in [0.25, 0.3) is 10.8 Å². The van der Waals surface area contributed by atoms with Crippen molar-refractivity contribution >= 4 is 28.8 Å². The van der Waals surface area contributed by atoms with Gasteiger partial charge in [-0.05, 0) is 29.7 Å². The highest BCUT2D eigenvalue weighted by Gasteiger charge is 2.19. The van der Waals surface area contributed by atoms with Gasteiger partial charge in [0.25, 0.3) is 0 Å². The van der Waals surface area contributed by atoms with E-state index in [9.17, 15) is 9.59 Å². The molecule has 0 spiro atoms. The largest absolute Gasteiger partial charge is 0.496 e. The topological polar surface area (TPSA) is 89.0 Å². The van der Waals surface area contributed by atoms with Crippen LogP contribution in [0.2, 0.25) is 0 Å². The molecular weight excluding hydrogens is 334 g/mol. The van der Waals surface area contributed by atoms with E-state index in [2.05, 4.69) is 15.8 Å². The molecule has 1 aliphatic rings. The molecule has 2 amide bonds. The zero-order valence-electron chi connectivity index (χ0n) is 14.5. The maximum Gasteiger partial charge on any atom is 0.329 e. The monoisotopic (exact) mass is 355 g/mol. The number of benzene rings is 2.